The molecule has 3 aliphatic rings. The highest BCUT2D eigenvalue weighted by molar-refractivity contribution is 8.26. The molecule has 0 aromatic heterocycles. The van der Waals surface area contributed by atoms with Gasteiger partial charge in [0.15, 0.2) is 0 Å². The van der Waals surface area contributed by atoms with Crippen molar-refractivity contribution in [3.63, 3.8) is 0 Å². The Kier molecular flexibility index (Phi) is 5.17. The van der Waals surface area contributed by atoms with Gasteiger partial charge in [-0.05, 0) is 36.6 Å². The number of benzene rings is 2. The lowest BCUT2D eigenvalue weighted by molar-refractivity contribution is -0.123. The fraction of sp³-hybridized carbons (Fsp3) is 0.261. The number of para-hydroxylation sites is 1. The van der Waals surface area contributed by atoms with Gasteiger partial charge < -0.3 is 4.90 Å². The Morgan fingerprint density at radius 1 is 1.00 bits per heavy atom. The van der Waals surface area contributed by atoms with Crippen LogP contribution in [0.2, 0.25) is 5.02 Å². The van der Waals surface area contributed by atoms with E-state index in [4.69, 9.17) is 23.8 Å². The highest BCUT2D eigenvalue weighted by Gasteiger charge is 2.44. The highest BCUT2D eigenvalue weighted by Crippen LogP contribution is 2.46. The van der Waals surface area contributed by atoms with Crippen LogP contribution in [0, 0.1) is 0 Å². The van der Waals surface area contributed by atoms with Crippen molar-refractivity contribution >= 4 is 63.0 Å². The van der Waals surface area contributed by atoms with Gasteiger partial charge in [0.05, 0.1) is 22.7 Å². The Morgan fingerprint density at radius 3 is 2.43 bits per heavy atom. The lowest BCUT2D eigenvalue weighted by Crippen LogP contribution is -2.37. The Labute approximate surface area is 189 Å². The molecule has 2 aliphatic heterocycles. The third-order valence-electron chi connectivity index (χ3n) is 5.89. The van der Waals surface area contributed by atoms with Gasteiger partial charge in [-0.15, -0.1) is 0 Å². The quantitative estimate of drug-likeness (QED) is 0.460. The zero-order valence-corrected chi connectivity index (χ0v) is 18.5. The smallest absolute Gasteiger partial charge is 0.267 e. The van der Waals surface area contributed by atoms with Gasteiger partial charge >= 0.3 is 0 Å². The summed E-state index contributed by atoms with van der Waals surface area (Å²) in [5, 5.41) is 0.656. The van der Waals surface area contributed by atoms with Crippen LogP contribution in [0.1, 0.15) is 36.8 Å². The molecule has 2 aromatic carbocycles. The molecule has 30 heavy (non-hydrogen) atoms. The minimum absolute atomic E-state index is 0.122. The summed E-state index contributed by atoms with van der Waals surface area (Å²) in [6, 6.07) is 15.3. The molecule has 1 aliphatic carbocycles. The van der Waals surface area contributed by atoms with Crippen LogP contribution in [-0.4, -0.2) is 27.1 Å². The van der Waals surface area contributed by atoms with Gasteiger partial charge in [-0.2, -0.15) is 0 Å². The molecule has 2 aromatic rings. The number of hydrogen-bond acceptors (Lipinski definition) is 4. The summed E-state index contributed by atoms with van der Waals surface area (Å²) >= 11 is 12.8. The van der Waals surface area contributed by atoms with Crippen molar-refractivity contribution in [2.45, 2.75) is 38.3 Å². The summed E-state index contributed by atoms with van der Waals surface area (Å²) < 4.78 is 0.566. The van der Waals surface area contributed by atoms with E-state index in [1.54, 1.807) is 9.80 Å². The maximum Gasteiger partial charge on any atom is 0.267 e. The monoisotopic (exact) mass is 454 g/mol. The van der Waals surface area contributed by atoms with Crippen LogP contribution in [-0.2, 0) is 16.1 Å². The van der Waals surface area contributed by atoms with Crippen LogP contribution in [0.25, 0.3) is 5.57 Å². The van der Waals surface area contributed by atoms with Crippen molar-refractivity contribution in [3.8, 4) is 0 Å². The molecule has 0 spiro atoms. The van der Waals surface area contributed by atoms with Gasteiger partial charge in [-0.25, -0.2) is 0 Å². The standard InChI is InChI=1S/C23H19ClN2O2S2/c24-15-11-9-14(10-12-15)13-25-18-8-4-3-7-17(18)19(21(25)27)20-22(28)26(23(29)30-20)16-5-1-2-6-16/h3-4,7-12,16H,1-2,5-6,13H2. The molecule has 0 unspecified atom stereocenters. The molecule has 4 nitrogen and oxygen atoms in total. The van der Waals surface area contributed by atoms with Gasteiger partial charge in [-0.3, -0.25) is 14.5 Å². The fourth-order valence-electron chi connectivity index (χ4n) is 4.44. The van der Waals surface area contributed by atoms with Crippen molar-refractivity contribution in [1.29, 1.82) is 0 Å². The first-order chi connectivity index (χ1) is 14.5. The molecule has 152 valence electrons. The molecule has 0 N–H and O–H groups in total. The first-order valence-electron chi connectivity index (χ1n) is 10.00. The number of fused-ring (bicyclic) bond motifs is 1. The summed E-state index contributed by atoms with van der Waals surface area (Å²) in [6.45, 7) is 0.416. The summed E-state index contributed by atoms with van der Waals surface area (Å²) in [4.78, 5) is 30.8. The molecular formula is C23H19ClN2O2S2. The van der Waals surface area contributed by atoms with E-state index in [-0.39, 0.29) is 17.9 Å². The third kappa shape index (κ3) is 3.27. The Morgan fingerprint density at radius 2 is 1.70 bits per heavy atom. The van der Waals surface area contributed by atoms with Crippen LogP contribution in [0.15, 0.2) is 53.4 Å². The minimum Gasteiger partial charge on any atom is -0.303 e. The topological polar surface area (TPSA) is 40.6 Å². The number of hydrogen-bond donors (Lipinski definition) is 0. The van der Waals surface area contributed by atoms with Crippen molar-refractivity contribution in [2.24, 2.45) is 0 Å². The fourth-order valence-corrected chi connectivity index (χ4v) is 6.03. The van der Waals surface area contributed by atoms with Gasteiger partial charge in [0.2, 0.25) is 0 Å². The van der Waals surface area contributed by atoms with Crippen LogP contribution < -0.4 is 4.90 Å². The van der Waals surface area contributed by atoms with Crippen LogP contribution >= 0.6 is 35.6 Å². The number of anilines is 1. The van der Waals surface area contributed by atoms with Gasteiger partial charge in [0.25, 0.3) is 11.8 Å². The largest absolute Gasteiger partial charge is 0.303 e. The molecular weight excluding hydrogens is 436 g/mol. The summed E-state index contributed by atoms with van der Waals surface area (Å²) in [6.07, 6.45) is 4.18. The predicted octanol–water partition coefficient (Wildman–Crippen LogP) is 5.40. The Hall–Kier alpha value is -2.15. The molecule has 5 rings (SSSR count). The van der Waals surface area contributed by atoms with Crippen LogP contribution in [0.4, 0.5) is 5.69 Å². The van der Waals surface area contributed by atoms with Crippen molar-refractivity contribution in [1.82, 2.24) is 4.90 Å². The van der Waals surface area contributed by atoms with E-state index >= 15 is 0 Å². The average Bonchev–Trinajstić information content (AvgIpc) is 3.42. The van der Waals surface area contributed by atoms with Gasteiger partial charge in [0.1, 0.15) is 4.32 Å². The Balaban J connectivity index is 1.54. The molecule has 2 fully saturated rings. The molecule has 0 bridgehead atoms. The lowest BCUT2D eigenvalue weighted by atomic mass is 10.1. The second kappa shape index (κ2) is 7.84. The number of thiocarbonyl (C=S) groups is 1. The molecule has 7 heteroatoms. The average molecular weight is 455 g/mol. The molecule has 2 heterocycles. The number of thioether (sulfide) groups is 1. The van der Waals surface area contributed by atoms with Crippen molar-refractivity contribution < 1.29 is 9.59 Å². The van der Waals surface area contributed by atoms with Crippen molar-refractivity contribution in [2.75, 3.05) is 4.90 Å². The molecule has 2 amide bonds. The van der Waals surface area contributed by atoms with Crippen LogP contribution in [0.5, 0.6) is 0 Å². The number of carbonyl (C=O) groups excluding carboxylic acids is 2. The first kappa shape index (κ1) is 19.8. The molecule has 0 atom stereocenters. The number of carbonyl (C=O) groups is 2. The van der Waals surface area contributed by atoms with E-state index in [0.717, 1.165) is 42.5 Å². The van der Waals surface area contributed by atoms with Gasteiger partial charge in [0, 0.05) is 16.6 Å². The van der Waals surface area contributed by atoms with E-state index < -0.39 is 0 Å². The molecule has 1 saturated heterocycles. The zero-order chi connectivity index (χ0) is 20.8. The van der Waals surface area contributed by atoms with E-state index in [0.29, 0.717) is 26.4 Å². The van der Waals surface area contributed by atoms with E-state index in [2.05, 4.69) is 0 Å². The number of halogens is 1. The first-order valence-corrected chi connectivity index (χ1v) is 11.6. The Bertz CT molecular complexity index is 1090. The van der Waals surface area contributed by atoms with E-state index in [9.17, 15) is 9.59 Å². The minimum atomic E-state index is -0.155. The number of nitrogens with zero attached hydrogens (tertiary/aromatic N) is 2. The number of amides is 2. The lowest BCUT2D eigenvalue weighted by Gasteiger charge is -2.22. The zero-order valence-electron chi connectivity index (χ0n) is 16.1. The van der Waals surface area contributed by atoms with E-state index in [1.165, 1.54) is 11.8 Å². The maximum atomic E-state index is 13.5. The maximum absolute atomic E-state index is 13.5. The predicted molar refractivity (Wildman–Crippen MR) is 125 cm³/mol. The van der Waals surface area contributed by atoms with E-state index in [1.807, 2.05) is 48.5 Å². The second-order valence-electron chi connectivity index (χ2n) is 7.72. The highest BCUT2D eigenvalue weighted by atomic mass is 35.5. The summed E-state index contributed by atoms with van der Waals surface area (Å²) in [7, 11) is 0. The second-order valence-corrected chi connectivity index (χ2v) is 9.80. The third-order valence-corrected chi connectivity index (χ3v) is 7.55. The number of rotatable bonds is 3. The van der Waals surface area contributed by atoms with Crippen LogP contribution in [0.3, 0.4) is 0 Å². The molecule has 0 radical (unpaired) electrons. The van der Waals surface area contributed by atoms with Gasteiger partial charge in [-0.1, -0.05) is 78.8 Å². The van der Waals surface area contributed by atoms with Crippen molar-refractivity contribution in [3.05, 3.63) is 69.6 Å². The molecule has 1 saturated carbocycles. The normalized spacial score (nSPS) is 21.8. The summed E-state index contributed by atoms with van der Waals surface area (Å²) in [5.41, 5.74) is 3.06. The SMILES string of the molecule is O=C1C(=C2SC(=S)N(C3CCCC3)C2=O)c2ccccc2N1Cc1ccc(Cl)cc1. The summed E-state index contributed by atoms with van der Waals surface area (Å²) in [5.74, 6) is -0.276.